The second-order valence-corrected chi connectivity index (χ2v) is 9.57. The normalized spacial score (nSPS) is 23.2. The predicted octanol–water partition coefficient (Wildman–Crippen LogP) is 1.03. The summed E-state index contributed by atoms with van der Waals surface area (Å²) in [6.07, 6.45) is 2.79. The van der Waals surface area contributed by atoms with Crippen LogP contribution in [0.3, 0.4) is 0 Å². The maximum Gasteiger partial charge on any atom is 0.238 e. The van der Waals surface area contributed by atoms with E-state index in [1.54, 1.807) is 0 Å². The fourth-order valence-corrected chi connectivity index (χ4v) is 7.95. The summed E-state index contributed by atoms with van der Waals surface area (Å²) in [5.74, 6) is 0. The van der Waals surface area contributed by atoms with Crippen molar-refractivity contribution >= 4 is 50.5 Å². The first-order chi connectivity index (χ1) is 6.55. The molecule has 1 aliphatic heterocycles. The molecule has 6 nitrogen and oxygen atoms in total. The van der Waals surface area contributed by atoms with Gasteiger partial charge < -0.3 is 0 Å². The highest BCUT2D eigenvalue weighted by molar-refractivity contribution is 8.04. The molecule has 15 heavy (non-hydrogen) atoms. The van der Waals surface area contributed by atoms with Crippen LogP contribution in [0.15, 0.2) is 11.4 Å². The lowest BCUT2D eigenvalue weighted by Crippen LogP contribution is -2.23. The Hall–Kier alpha value is 0.250. The van der Waals surface area contributed by atoms with Crippen LogP contribution in [-0.2, 0) is 20.0 Å². The van der Waals surface area contributed by atoms with E-state index in [-0.39, 0.29) is 5.16 Å². The Morgan fingerprint density at radius 1 is 1.20 bits per heavy atom. The SMILES string of the molecule is CS(=O)(=O)N1C=C(Cl)N(S(C)(=O)=O)P1Cl. The van der Waals surface area contributed by atoms with Gasteiger partial charge in [-0.2, -0.15) is 0 Å². The highest BCUT2D eigenvalue weighted by atomic mass is 35.7. The predicted molar refractivity (Wildman–Crippen MR) is 60.1 cm³/mol. The van der Waals surface area contributed by atoms with Crippen molar-refractivity contribution in [3.05, 3.63) is 11.4 Å². The Balaban J connectivity index is 3.20. The van der Waals surface area contributed by atoms with Gasteiger partial charge in [0.1, 0.15) is 5.16 Å². The molecule has 0 fully saturated rings. The van der Waals surface area contributed by atoms with E-state index in [9.17, 15) is 16.8 Å². The van der Waals surface area contributed by atoms with E-state index < -0.39 is 27.6 Å². The van der Waals surface area contributed by atoms with Gasteiger partial charge in [0.15, 0.2) is 0 Å². The molecule has 1 unspecified atom stereocenters. The lowest BCUT2D eigenvalue weighted by atomic mass is 11.0. The van der Waals surface area contributed by atoms with Crippen molar-refractivity contribution in [3.63, 3.8) is 0 Å². The number of hydrogen-bond donors (Lipinski definition) is 0. The van der Waals surface area contributed by atoms with Gasteiger partial charge in [-0.25, -0.2) is 25.0 Å². The zero-order valence-electron chi connectivity index (χ0n) is 7.62. The van der Waals surface area contributed by atoms with Gasteiger partial charge in [-0.3, -0.25) is 0 Å². The first-order valence-electron chi connectivity index (χ1n) is 3.38. The van der Waals surface area contributed by atoms with Gasteiger partial charge in [-0.1, -0.05) is 11.6 Å². The Bertz CT molecular complexity index is 501. The summed E-state index contributed by atoms with van der Waals surface area (Å²) in [5, 5.41) is -0.232. The Labute approximate surface area is 99.2 Å². The van der Waals surface area contributed by atoms with Crippen molar-refractivity contribution in [2.75, 3.05) is 12.5 Å². The second-order valence-electron chi connectivity index (χ2n) is 2.73. The number of hydrogen-bond acceptors (Lipinski definition) is 4. The highest BCUT2D eigenvalue weighted by Gasteiger charge is 2.41. The van der Waals surface area contributed by atoms with Crippen LogP contribution in [0.1, 0.15) is 0 Å². The number of halogens is 2. The summed E-state index contributed by atoms with van der Waals surface area (Å²) in [4.78, 5) is 0. The van der Waals surface area contributed by atoms with Crippen molar-refractivity contribution in [2.45, 2.75) is 0 Å². The van der Waals surface area contributed by atoms with Gasteiger partial charge in [-0.05, 0) is 11.2 Å². The third-order valence-electron chi connectivity index (χ3n) is 1.37. The first kappa shape index (κ1) is 13.3. The van der Waals surface area contributed by atoms with Crippen molar-refractivity contribution in [1.82, 2.24) is 8.15 Å². The molecule has 1 heterocycles. The molecule has 0 aromatic heterocycles. The molecule has 0 amide bonds. The quantitative estimate of drug-likeness (QED) is 0.563. The van der Waals surface area contributed by atoms with Crippen molar-refractivity contribution in [1.29, 1.82) is 0 Å². The summed E-state index contributed by atoms with van der Waals surface area (Å²) < 4.78 is 46.3. The fourth-order valence-electron chi connectivity index (χ4n) is 0.846. The standard InChI is InChI=1S/C4H7Cl2N2O4PS2/c1-14(9,10)7-3-4(5)8(13(7)6)15(2,11)12/h3H,1-2H3. The van der Waals surface area contributed by atoms with E-state index in [4.69, 9.17) is 22.8 Å². The van der Waals surface area contributed by atoms with Gasteiger partial charge in [0.2, 0.25) is 27.6 Å². The molecule has 0 bridgehead atoms. The van der Waals surface area contributed by atoms with Crippen LogP contribution >= 0.6 is 30.4 Å². The Morgan fingerprint density at radius 3 is 1.87 bits per heavy atom. The minimum atomic E-state index is -3.67. The molecule has 0 aromatic carbocycles. The molecule has 0 N–H and O–H groups in total. The van der Waals surface area contributed by atoms with Gasteiger partial charge >= 0.3 is 0 Å². The number of rotatable bonds is 2. The molecule has 0 spiro atoms. The molecule has 1 aliphatic rings. The molecule has 0 saturated heterocycles. The van der Waals surface area contributed by atoms with E-state index in [1.165, 1.54) is 0 Å². The fraction of sp³-hybridized carbons (Fsp3) is 0.500. The topological polar surface area (TPSA) is 74.8 Å². The molecule has 1 atom stereocenters. The molecule has 0 aromatic rings. The molecule has 11 heteroatoms. The van der Waals surface area contributed by atoms with E-state index in [0.29, 0.717) is 4.08 Å². The van der Waals surface area contributed by atoms with E-state index in [0.717, 1.165) is 22.8 Å². The summed E-state index contributed by atoms with van der Waals surface area (Å²) >= 11 is 11.3. The van der Waals surface area contributed by atoms with Crippen molar-refractivity contribution in [3.8, 4) is 0 Å². The molecule has 0 aliphatic carbocycles. The van der Waals surface area contributed by atoms with Gasteiger partial charge in [0, 0.05) is 0 Å². The van der Waals surface area contributed by atoms with Crippen LogP contribution < -0.4 is 0 Å². The second kappa shape index (κ2) is 3.92. The molecule has 0 saturated carbocycles. The summed E-state index contributed by atoms with van der Waals surface area (Å²) in [6.45, 7) is 0. The van der Waals surface area contributed by atoms with Gasteiger partial charge in [-0.15, -0.1) is 0 Å². The highest BCUT2D eigenvalue weighted by Crippen LogP contribution is 2.59. The third kappa shape index (κ3) is 2.68. The van der Waals surface area contributed by atoms with Crippen LogP contribution in [0, 0.1) is 0 Å². The van der Waals surface area contributed by atoms with Crippen LogP contribution in [0.2, 0.25) is 0 Å². The minimum absolute atomic E-state index is 0.232. The first-order valence-corrected chi connectivity index (χ1v) is 9.60. The molecule has 0 radical (unpaired) electrons. The average Bonchev–Trinajstić information content (AvgIpc) is 2.22. The largest absolute Gasteiger partial charge is 0.238 e. The van der Waals surface area contributed by atoms with Crippen LogP contribution in [0.25, 0.3) is 0 Å². The monoisotopic (exact) mass is 312 g/mol. The smallest absolute Gasteiger partial charge is 0.220 e. The van der Waals surface area contributed by atoms with E-state index in [2.05, 4.69) is 0 Å². The zero-order valence-corrected chi connectivity index (χ0v) is 11.7. The maximum absolute atomic E-state index is 11.2. The van der Waals surface area contributed by atoms with Gasteiger partial charge in [0.05, 0.1) is 18.7 Å². The van der Waals surface area contributed by atoms with Crippen molar-refractivity contribution in [2.24, 2.45) is 0 Å². The molecule has 88 valence electrons. The lowest BCUT2D eigenvalue weighted by molar-refractivity contribution is 0.574. The Morgan fingerprint density at radius 2 is 1.67 bits per heavy atom. The van der Waals surface area contributed by atoms with E-state index in [1.807, 2.05) is 0 Å². The average molecular weight is 313 g/mol. The van der Waals surface area contributed by atoms with Crippen LogP contribution in [-0.4, -0.2) is 37.5 Å². The minimum Gasteiger partial charge on any atom is -0.220 e. The van der Waals surface area contributed by atoms with Crippen molar-refractivity contribution < 1.29 is 16.8 Å². The zero-order chi connectivity index (χ0) is 12.0. The number of sulfonamides is 2. The molecular formula is C4H7Cl2N2O4PS2. The van der Waals surface area contributed by atoms with Crippen LogP contribution in [0.4, 0.5) is 0 Å². The summed E-state index contributed by atoms with van der Waals surface area (Å²) in [6, 6.07) is 0. The molecular weight excluding hydrogens is 306 g/mol. The van der Waals surface area contributed by atoms with Gasteiger partial charge in [0.25, 0.3) is 0 Å². The molecule has 1 rings (SSSR count). The van der Waals surface area contributed by atoms with Crippen LogP contribution in [0.5, 0.6) is 0 Å². The Kier molecular flexibility index (Phi) is 3.48. The summed E-state index contributed by atoms with van der Waals surface area (Å²) in [5.41, 5.74) is 0. The lowest BCUT2D eigenvalue weighted by Gasteiger charge is -2.23. The third-order valence-corrected chi connectivity index (χ3v) is 8.60. The number of nitrogens with zero attached hydrogens (tertiary/aromatic N) is 2. The van der Waals surface area contributed by atoms with E-state index >= 15 is 0 Å². The summed E-state index contributed by atoms with van der Waals surface area (Å²) in [7, 11) is -9.35. The maximum atomic E-state index is 11.2.